The number of hydrogen-bond acceptors (Lipinski definition) is 2. The van der Waals surface area contributed by atoms with Gasteiger partial charge in [0.1, 0.15) is 5.56 Å². The third-order valence-corrected chi connectivity index (χ3v) is 2.64. The molecule has 4 heteroatoms. The average molecular weight is 267 g/mol. The van der Waals surface area contributed by atoms with Crippen molar-refractivity contribution in [2.45, 2.75) is 0 Å². The lowest BCUT2D eigenvalue weighted by molar-refractivity contribution is 0.0695. The Kier molecular flexibility index (Phi) is 4.29. The molecular formula is C16H13NO3. The molecule has 0 amide bonds. The van der Waals surface area contributed by atoms with Gasteiger partial charge >= 0.3 is 5.97 Å². The smallest absolute Gasteiger partial charge is 0.341 e. The van der Waals surface area contributed by atoms with E-state index in [0.717, 1.165) is 5.56 Å². The topological polar surface area (TPSA) is 70.2 Å². The van der Waals surface area contributed by atoms with Gasteiger partial charge in [-0.3, -0.25) is 4.79 Å². The molecule has 0 radical (unpaired) electrons. The van der Waals surface area contributed by atoms with Gasteiger partial charge in [0, 0.05) is 5.69 Å². The van der Waals surface area contributed by atoms with Gasteiger partial charge in [-0.2, -0.15) is 0 Å². The number of H-pyrrole nitrogens is 1. The Bertz CT molecular complexity index is 712. The van der Waals surface area contributed by atoms with Crippen LogP contribution in [0.3, 0.4) is 0 Å². The van der Waals surface area contributed by atoms with Crippen LogP contribution in [0, 0.1) is 0 Å². The normalized spacial score (nSPS) is 11.2. The second-order valence-electron chi connectivity index (χ2n) is 4.09. The summed E-state index contributed by atoms with van der Waals surface area (Å²) in [5, 5.41) is 8.75. The van der Waals surface area contributed by atoms with E-state index < -0.39 is 11.5 Å². The highest BCUT2D eigenvalue weighted by molar-refractivity contribution is 5.87. The second kappa shape index (κ2) is 6.33. The zero-order valence-corrected chi connectivity index (χ0v) is 10.6. The first-order valence-corrected chi connectivity index (χ1v) is 6.03. The summed E-state index contributed by atoms with van der Waals surface area (Å²) in [6.45, 7) is 0. The van der Waals surface area contributed by atoms with Crippen molar-refractivity contribution >= 4 is 18.1 Å². The van der Waals surface area contributed by atoms with Gasteiger partial charge in [-0.05, 0) is 23.8 Å². The van der Waals surface area contributed by atoms with Crippen molar-refractivity contribution in [3.05, 3.63) is 81.8 Å². The molecule has 100 valence electrons. The maximum atomic E-state index is 11.4. The van der Waals surface area contributed by atoms with Crippen LogP contribution in [0.2, 0.25) is 0 Å². The van der Waals surface area contributed by atoms with Gasteiger partial charge in [0.2, 0.25) is 0 Å². The van der Waals surface area contributed by atoms with Crippen molar-refractivity contribution in [1.29, 1.82) is 0 Å². The Morgan fingerprint density at radius 2 is 1.70 bits per heavy atom. The Labute approximate surface area is 115 Å². The Hall–Kier alpha value is -2.88. The first-order valence-electron chi connectivity index (χ1n) is 6.03. The average Bonchev–Trinajstić information content (AvgIpc) is 2.44. The molecule has 1 aromatic heterocycles. The lowest BCUT2D eigenvalue weighted by Crippen LogP contribution is -2.17. The van der Waals surface area contributed by atoms with Crippen molar-refractivity contribution in [3.63, 3.8) is 0 Å². The SMILES string of the molecule is O=C(O)c1ccc(/C=C/C=C/c2ccccc2)[nH]c1=O. The highest BCUT2D eigenvalue weighted by Gasteiger charge is 2.06. The molecule has 0 spiro atoms. The number of carbonyl (C=O) groups is 1. The van der Waals surface area contributed by atoms with Gasteiger partial charge in [0.05, 0.1) is 0 Å². The van der Waals surface area contributed by atoms with E-state index in [1.54, 1.807) is 18.2 Å². The summed E-state index contributed by atoms with van der Waals surface area (Å²) in [4.78, 5) is 24.6. The lowest BCUT2D eigenvalue weighted by atomic mass is 10.2. The van der Waals surface area contributed by atoms with E-state index in [4.69, 9.17) is 5.11 Å². The quantitative estimate of drug-likeness (QED) is 0.837. The number of aromatic amines is 1. The minimum atomic E-state index is -1.23. The Morgan fingerprint density at radius 1 is 1.00 bits per heavy atom. The molecule has 1 heterocycles. The van der Waals surface area contributed by atoms with Crippen LogP contribution in [0.1, 0.15) is 21.6 Å². The van der Waals surface area contributed by atoms with Crippen molar-refractivity contribution in [2.75, 3.05) is 0 Å². The van der Waals surface area contributed by atoms with Crippen molar-refractivity contribution in [3.8, 4) is 0 Å². The molecule has 2 aromatic rings. The molecule has 0 aliphatic heterocycles. The zero-order chi connectivity index (χ0) is 14.4. The number of benzene rings is 1. The monoisotopic (exact) mass is 267 g/mol. The number of rotatable bonds is 4. The third kappa shape index (κ3) is 3.55. The fraction of sp³-hybridized carbons (Fsp3) is 0. The Balaban J connectivity index is 2.09. The molecule has 0 aliphatic rings. The van der Waals surface area contributed by atoms with Gasteiger partial charge in [0.15, 0.2) is 0 Å². The van der Waals surface area contributed by atoms with Gasteiger partial charge in [0.25, 0.3) is 5.56 Å². The second-order valence-corrected chi connectivity index (χ2v) is 4.09. The van der Waals surface area contributed by atoms with E-state index in [0.29, 0.717) is 5.69 Å². The highest BCUT2D eigenvalue weighted by Crippen LogP contribution is 2.02. The van der Waals surface area contributed by atoms with E-state index >= 15 is 0 Å². The fourth-order valence-corrected chi connectivity index (χ4v) is 1.64. The van der Waals surface area contributed by atoms with E-state index in [1.165, 1.54) is 6.07 Å². The predicted octanol–water partition coefficient (Wildman–Crippen LogP) is 2.80. The number of hydrogen-bond donors (Lipinski definition) is 2. The molecule has 2 N–H and O–H groups in total. The van der Waals surface area contributed by atoms with Gasteiger partial charge < -0.3 is 10.1 Å². The first-order chi connectivity index (χ1) is 9.66. The standard InChI is InChI=1S/C16H13NO3/c18-15-14(16(19)20)11-10-13(17-15)9-5-4-8-12-6-2-1-3-7-12/h1-11H,(H,17,18)(H,19,20)/b8-4+,9-5+. The van der Waals surface area contributed by atoms with E-state index in [9.17, 15) is 9.59 Å². The molecule has 0 fully saturated rings. The fourth-order valence-electron chi connectivity index (χ4n) is 1.64. The molecule has 2 rings (SSSR count). The molecule has 20 heavy (non-hydrogen) atoms. The van der Waals surface area contributed by atoms with E-state index in [1.807, 2.05) is 42.5 Å². The number of pyridine rings is 1. The molecule has 0 bridgehead atoms. The number of carboxylic acid groups (broad SMARTS) is 1. The van der Waals surface area contributed by atoms with Crippen LogP contribution in [0.5, 0.6) is 0 Å². The number of nitrogens with one attached hydrogen (secondary N) is 1. The summed E-state index contributed by atoms with van der Waals surface area (Å²) in [6, 6.07) is 12.7. The molecule has 0 atom stereocenters. The molecule has 0 saturated carbocycles. The summed E-state index contributed by atoms with van der Waals surface area (Å²) in [6.07, 6.45) is 7.25. The molecule has 0 aliphatic carbocycles. The third-order valence-electron chi connectivity index (χ3n) is 2.64. The number of aromatic carboxylic acids is 1. The zero-order valence-electron chi connectivity index (χ0n) is 10.6. The molecular weight excluding hydrogens is 254 g/mol. The van der Waals surface area contributed by atoms with Gasteiger partial charge in [-0.25, -0.2) is 4.79 Å². The van der Waals surface area contributed by atoms with Crippen LogP contribution in [-0.4, -0.2) is 16.1 Å². The molecule has 0 unspecified atom stereocenters. The Morgan fingerprint density at radius 3 is 2.35 bits per heavy atom. The number of allylic oxidation sites excluding steroid dienone is 2. The van der Waals surface area contributed by atoms with Gasteiger partial charge in [-0.1, -0.05) is 48.6 Å². The van der Waals surface area contributed by atoms with Gasteiger partial charge in [-0.15, -0.1) is 0 Å². The van der Waals surface area contributed by atoms with E-state index in [2.05, 4.69) is 4.98 Å². The molecule has 1 aromatic carbocycles. The van der Waals surface area contributed by atoms with Crippen molar-refractivity contribution in [2.24, 2.45) is 0 Å². The lowest BCUT2D eigenvalue weighted by Gasteiger charge is -1.95. The van der Waals surface area contributed by atoms with Crippen LogP contribution in [0.15, 0.2) is 59.4 Å². The molecule has 0 saturated heterocycles. The predicted molar refractivity (Wildman–Crippen MR) is 78.5 cm³/mol. The summed E-state index contributed by atoms with van der Waals surface area (Å²) in [7, 11) is 0. The maximum Gasteiger partial charge on any atom is 0.341 e. The van der Waals surface area contributed by atoms with Crippen molar-refractivity contribution in [1.82, 2.24) is 4.98 Å². The molecule has 4 nitrogen and oxygen atoms in total. The maximum absolute atomic E-state index is 11.4. The summed E-state index contributed by atoms with van der Waals surface area (Å²) in [5.74, 6) is -1.23. The largest absolute Gasteiger partial charge is 0.477 e. The first kappa shape index (κ1) is 13.5. The van der Waals surface area contributed by atoms with Crippen LogP contribution < -0.4 is 5.56 Å². The van der Waals surface area contributed by atoms with E-state index in [-0.39, 0.29) is 5.56 Å². The summed E-state index contributed by atoms with van der Waals surface area (Å²) in [5.41, 5.74) is 0.762. The summed E-state index contributed by atoms with van der Waals surface area (Å²) >= 11 is 0. The highest BCUT2D eigenvalue weighted by atomic mass is 16.4. The van der Waals surface area contributed by atoms with Crippen LogP contribution in [0.25, 0.3) is 12.2 Å². The van der Waals surface area contributed by atoms with Crippen molar-refractivity contribution < 1.29 is 9.90 Å². The number of carboxylic acids is 1. The van der Waals surface area contributed by atoms with Crippen LogP contribution in [0.4, 0.5) is 0 Å². The minimum absolute atomic E-state index is 0.262. The summed E-state index contributed by atoms with van der Waals surface area (Å²) < 4.78 is 0. The minimum Gasteiger partial charge on any atom is -0.477 e. The number of aromatic nitrogens is 1. The van der Waals surface area contributed by atoms with Crippen LogP contribution in [-0.2, 0) is 0 Å². The van der Waals surface area contributed by atoms with Crippen LogP contribution >= 0.6 is 0 Å².